The lowest BCUT2D eigenvalue weighted by atomic mass is 9.89. The van der Waals surface area contributed by atoms with Crippen molar-refractivity contribution in [1.29, 1.82) is 0 Å². The van der Waals surface area contributed by atoms with E-state index in [1.807, 2.05) is 12.4 Å². The van der Waals surface area contributed by atoms with Crippen molar-refractivity contribution in [3.63, 3.8) is 0 Å². The first-order valence-corrected chi connectivity index (χ1v) is 11.3. The number of benzene rings is 1. The molecule has 162 valence electrons. The molecule has 1 unspecified atom stereocenters. The number of hydrogen-bond acceptors (Lipinski definition) is 3. The highest BCUT2D eigenvalue weighted by atomic mass is 35.5. The summed E-state index contributed by atoms with van der Waals surface area (Å²) >= 11 is 0. The molecule has 4 nitrogen and oxygen atoms in total. The molecule has 1 atom stereocenters. The number of pyridine rings is 1. The number of rotatable bonds is 9. The summed E-state index contributed by atoms with van der Waals surface area (Å²) in [5.41, 5.74) is 9.78. The Kier molecular flexibility index (Phi) is 8.74. The van der Waals surface area contributed by atoms with Gasteiger partial charge in [-0.2, -0.15) is 0 Å². The Morgan fingerprint density at radius 2 is 1.90 bits per heavy atom. The van der Waals surface area contributed by atoms with Crippen LogP contribution in [0.15, 0.2) is 55.0 Å². The van der Waals surface area contributed by atoms with E-state index in [1.54, 1.807) is 0 Å². The van der Waals surface area contributed by atoms with E-state index in [9.17, 15) is 0 Å². The third kappa shape index (κ3) is 5.23. The van der Waals surface area contributed by atoms with Crippen LogP contribution < -0.4 is 11.1 Å². The molecule has 1 aliphatic rings. The quantitative estimate of drug-likeness (QED) is 0.449. The second-order valence-electron chi connectivity index (χ2n) is 8.32. The van der Waals surface area contributed by atoms with Gasteiger partial charge in [-0.15, -0.1) is 12.4 Å². The summed E-state index contributed by atoms with van der Waals surface area (Å²) in [4.78, 5) is 4.42. The second-order valence-corrected chi connectivity index (χ2v) is 8.32. The number of hydrogen-bond donors (Lipinski definition) is 2. The molecule has 1 saturated carbocycles. The van der Waals surface area contributed by atoms with Crippen molar-refractivity contribution in [3.8, 4) is 0 Å². The predicted molar refractivity (Wildman–Crippen MR) is 129 cm³/mol. The van der Waals surface area contributed by atoms with Crippen LogP contribution in [0.1, 0.15) is 68.0 Å². The molecule has 4 rings (SSSR count). The number of nitrogens with zero attached hydrogens (tertiary/aromatic N) is 2. The number of aromatic nitrogens is 2. The average molecular weight is 427 g/mol. The van der Waals surface area contributed by atoms with Gasteiger partial charge >= 0.3 is 0 Å². The van der Waals surface area contributed by atoms with Crippen LogP contribution in [0.2, 0.25) is 0 Å². The van der Waals surface area contributed by atoms with E-state index >= 15 is 0 Å². The van der Waals surface area contributed by atoms with E-state index in [0.717, 1.165) is 32.5 Å². The van der Waals surface area contributed by atoms with Crippen LogP contribution in [-0.2, 0) is 0 Å². The summed E-state index contributed by atoms with van der Waals surface area (Å²) < 4.78 is 2.58. The highest BCUT2D eigenvalue weighted by Crippen LogP contribution is 2.38. The van der Waals surface area contributed by atoms with E-state index in [2.05, 4.69) is 57.5 Å². The van der Waals surface area contributed by atoms with Gasteiger partial charge in [0.05, 0.1) is 0 Å². The van der Waals surface area contributed by atoms with Gasteiger partial charge < -0.3 is 15.6 Å². The Balaban J connectivity index is 0.00000256. The number of para-hydroxylation sites is 1. The Bertz CT molecular complexity index is 887. The van der Waals surface area contributed by atoms with Crippen molar-refractivity contribution < 1.29 is 0 Å². The summed E-state index contributed by atoms with van der Waals surface area (Å²) in [6.45, 7) is 2.72. The summed E-state index contributed by atoms with van der Waals surface area (Å²) in [5.74, 6) is 0.351. The van der Waals surface area contributed by atoms with Gasteiger partial charge in [0.2, 0.25) is 0 Å². The van der Waals surface area contributed by atoms with Crippen molar-refractivity contribution in [2.45, 2.75) is 56.9 Å². The summed E-state index contributed by atoms with van der Waals surface area (Å²) in [7, 11) is 0. The molecule has 1 fully saturated rings. The molecule has 5 heteroatoms. The first-order chi connectivity index (χ1) is 14.4. The SMILES string of the molecule is Cl.NCCCNCCC(c1cccnc1)c1cn(C2CCCCC2)c2ccccc12. The number of nitrogens with two attached hydrogens (primary N) is 1. The Morgan fingerprint density at radius 1 is 1.07 bits per heavy atom. The van der Waals surface area contributed by atoms with Crippen LogP contribution in [0.4, 0.5) is 0 Å². The van der Waals surface area contributed by atoms with E-state index < -0.39 is 0 Å². The second kappa shape index (κ2) is 11.5. The number of fused-ring (bicyclic) bond motifs is 1. The van der Waals surface area contributed by atoms with Gasteiger partial charge in [0.15, 0.2) is 0 Å². The largest absolute Gasteiger partial charge is 0.344 e. The van der Waals surface area contributed by atoms with Crippen molar-refractivity contribution >= 4 is 23.3 Å². The van der Waals surface area contributed by atoms with E-state index in [-0.39, 0.29) is 12.4 Å². The first kappa shape index (κ1) is 22.8. The zero-order valence-corrected chi connectivity index (χ0v) is 18.6. The molecule has 0 amide bonds. The van der Waals surface area contributed by atoms with Crippen LogP contribution in [0, 0.1) is 0 Å². The van der Waals surface area contributed by atoms with Crippen LogP contribution in [-0.4, -0.2) is 29.2 Å². The lowest BCUT2D eigenvalue weighted by Crippen LogP contribution is -2.21. The van der Waals surface area contributed by atoms with Crippen LogP contribution >= 0.6 is 12.4 Å². The van der Waals surface area contributed by atoms with Gasteiger partial charge in [0.1, 0.15) is 0 Å². The molecule has 3 N–H and O–H groups in total. The Hall–Kier alpha value is -1.88. The van der Waals surface area contributed by atoms with Crippen molar-refractivity contribution in [3.05, 3.63) is 66.1 Å². The summed E-state index contributed by atoms with van der Waals surface area (Å²) in [6, 6.07) is 13.9. The van der Waals surface area contributed by atoms with Gasteiger partial charge in [0, 0.05) is 41.5 Å². The fourth-order valence-electron chi connectivity index (χ4n) is 4.85. The number of nitrogens with one attached hydrogen (secondary N) is 1. The molecule has 0 bridgehead atoms. The highest BCUT2D eigenvalue weighted by Gasteiger charge is 2.23. The minimum Gasteiger partial charge on any atom is -0.344 e. The molecule has 30 heavy (non-hydrogen) atoms. The zero-order valence-electron chi connectivity index (χ0n) is 17.8. The molecule has 2 aromatic heterocycles. The minimum atomic E-state index is 0. The molecule has 1 aromatic carbocycles. The van der Waals surface area contributed by atoms with Crippen molar-refractivity contribution in [1.82, 2.24) is 14.9 Å². The number of halogens is 1. The maximum Gasteiger partial charge on any atom is 0.0485 e. The van der Waals surface area contributed by atoms with Gasteiger partial charge in [-0.25, -0.2) is 0 Å². The fourth-order valence-corrected chi connectivity index (χ4v) is 4.85. The lowest BCUT2D eigenvalue weighted by molar-refractivity contribution is 0.360. The van der Waals surface area contributed by atoms with E-state index in [4.69, 9.17) is 5.73 Å². The molecule has 2 heterocycles. The maximum atomic E-state index is 5.64. The van der Waals surface area contributed by atoms with Gasteiger partial charge in [-0.3, -0.25) is 4.98 Å². The van der Waals surface area contributed by atoms with E-state index in [1.165, 1.54) is 54.1 Å². The molecule has 0 aliphatic heterocycles. The third-order valence-electron chi connectivity index (χ3n) is 6.37. The van der Waals surface area contributed by atoms with Gasteiger partial charge in [-0.05, 0) is 68.6 Å². The van der Waals surface area contributed by atoms with Gasteiger partial charge in [-0.1, -0.05) is 43.5 Å². The fraction of sp³-hybridized carbons (Fsp3) is 0.480. The van der Waals surface area contributed by atoms with E-state index in [0.29, 0.717) is 12.0 Å². The Morgan fingerprint density at radius 3 is 2.67 bits per heavy atom. The molecule has 0 saturated heterocycles. The highest BCUT2D eigenvalue weighted by molar-refractivity contribution is 5.85. The zero-order chi connectivity index (χ0) is 19.9. The third-order valence-corrected chi connectivity index (χ3v) is 6.37. The topological polar surface area (TPSA) is 55.9 Å². The minimum absolute atomic E-state index is 0. The van der Waals surface area contributed by atoms with Crippen molar-refractivity contribution in [2.24, 2.45) is 5.73 Å². The van der Waals surface area contributed by atoms with Crippen LogP contribution in [0.3, 0.4) is 0 Å². The van der Waals surface area contributed by atoms with Crippen LogP contribution in [0.25, 0.3) is 10.9 Å². The molecule has 0 spiro atoms. The standard InChI is InChI=1S/C25H34N4.ClH/c26-14-7-16-27-17-13-22(20-8-6-15-28-18-20)24-19-29(21-9-2-1-3-10-21)25-12-5-4-11-23(24)25;/h4-6,8,11-12,15,18-19,21-22,27H,1-3,7,9-10,13-14,16-17,26H2;1H. The average Bonchev–Trinajstić information content (AvgIpc) is 3.17. The Labute approximate surface area is 186 Å². The monoisotopic (exact) mass is 426 g/mol. The van der Waals surface area contributed by atoms with Crippen molar-refractivity contribution in [2.75, 3.05) is 19.6 Å². The molecular weight excluding hydrogens is 392 g/mol. The van der Waals surface area contributed by atoms with Gasteiger partial charge in [0.25, 0.3) is 0 Å². The predicted octanol–water partition coefficient (Wildman–Crippen LogP) is 5.42. The van der Waals surface area contributed by atoms with Crippen LogP contribution in [0.5, 0.6) is 0 Å². The molecule has 0 radical (unpaired) electrons. The molecule has 3 aromatic rings. The molecular formula is C25H35ClN4. The molecule has 1 aliphatic carbocycles. The summed E-state index contributed by atoms with van der Waals surface area (Å²) in [5, 5.41) is 4.96. The maximum absolute atomic E-state index is 5.64. The first-order valence-electron chi connectivity index (χ1n) is 11.3. The smallest absolute Gasteiger partial charge is 0.0485 e. The normalized spacial score (nSPS) is 15.8. The lowest BCUT2D eigenvalue weighted by Gasteiger charge is -2.24. The summed E-state index contributed by atoms with van der Waals surface area (Å²) in [6.07, 6.45) is 15.1.